The molecule has 1 aliphatic rings. The van der Waals surface area contributed by atoms with Gasteiger partial charge in [-0.15, -0.1) is 0 Å². The van der Waals surface area contributed by atoms with Crippen molar-refractivity contribution in [1.29, 1.82) is 0 Å². The zero-order chi connectivity index (χ0) is 19.2. The van der Waals surface area contributed by atoms with Crippen molar-refractivity contribution >= 4 is 5.91 Å². The molecule has 0 aliphatic carbocycles. The Morgan fingerprint density at radius 3 is 2.78 bits per heavy atom. The molecule has 6 heteroatoms. The molecule has 2 aromatic rings. The van der Waals surface area contributed by atoms with Gasteiger partial charge in [0.05, 0.1) is 12.6 Å². The summed E-state index contributed by atoms with van der Waals surface area (Å²) in [6.07, 6.45) is 0.803. The first-order valence-electron chi connectivity index (χ1n) is 9.11. The number of aliphatic hydroxyl groups is 1. The highest BCUT2D eigenvalue weighted by molar-refractivity contribution is 5.76. The summed E-state index contributed by atoms with van der Waals surface area (Å²) in [6, 6.07) is 11.4. The molecule has 1 aliphatic heterocycles. The standard InChI is InChI=1S/C21H25NO5/c1-3-19(24)22-17(11-23)9-16-10-18-21(27-13-26-18)14(2)20(16)25-12-15-7-5-4-6-8-15/h4-8,10,17,23H,3,9,11-13H2,1-2H3,(H,22,24)/t17-/m0/s1. The van der Waals surface area contributed by atoms with Crippen molar-refractivity contribution in [2.45, 2.75) is 39.3 Å². The molecule has 0 saturated heterocycles. The highest BCUT2D eigenvalue weighted by Crippen LogP contribution is 2.43. The van der Waals surface area contributed by atoms with Crippen molar-refractivity contribution in [3.63, 3.8) is 0 Å². The van der Waals surface area contributed by atoms with E-state index in [1.54, 1.807) is 6.92 Å². The lowest BCUT2D eigenvalue weighted by Gasteiger charge is -2.20. The molecule has 1 heterocycles. The van der Waals surface area contributed by atoms with Crippen LogP contribution >= 0.6 is 0 Å². The monoisotopic (exact) mass is 371 g/mol. The third kappa shape index (κ3) is 4.52. The van der Waals surface area contributed by atoms with Gasteiger partial charge in [0.15, 0.2) is 11.5 Å². The van der Waals surface area contributed by atoms with Gasteiger partial charge in [-0.2, -0.15) is 0 Å². The number of benzene rings is 2. The largest absolute Gasteiger partial charge is 0.488 e. The van der Waals surface area contributed by atoms with Gasteiger partial charge in [-0.1, -0.05) is 37.3 Å². The Bertz CT molecular complexity index is 791. The van der Waals surface area contributed by atoms with Crippen LogP contribution in [0.3, 0.4) is 0 Å². The number of hydrogen-bond acceptors (Lipinski definition) is 5. The highest BCUT2D eigenvalue weighted by Gasteiger charge is 2.24. The van der Waals surface area contributed by atoms with E-state index >= 15 is 0 Å². The zero-order valence-electron chi connectivity index (χ0n) is 15.7. The maximum atomic E-state index is 11.7. The van der Waals surface area contributed by atoms with Gasteiger partial charge in [0.2, 0.25) is 12.7 Å². The van der Waals surface area contributed by atoms with Crippen LogP contribution in [0.15, 0.2) is 36.4 Å². The Labute approximate surface area is 159 Å². The minimum atomic E-state index is -0.392. The molecule has 0 radical (unpaired) electrons. The molecule has 144 valence electrons. The Morgan fingerprint density at radius 2 is 2.07 bits per heavy atom. The molecular formula is C21H25NO5. The highest BCUT2D eigenvalue weighted by atomic mass is 16.7. The summed E-state index contributed by atoms with van der Waals surface area (Å²) in [5, 5.41) is 12.5. The van der Waals surface area contributed by atoms with Crippen molar-refractivity contribution in [3.8, 4) is 17.2 Å². The third-order valence-corrected chi connectivity index (χ3v) is 4.52. The zero-order valence-corrected chi connectivity index (χ0v) is 15.7. The molecule has 6 nitrogen and oxygen atoms in total. The summed E-state index contributed by atoms with van der Waals surface area (Å²) in [5.41, 5.74) is 2.77. The smallest absolute Gasteiger partial charge is 0.231 e. The number of fused-ring (bicyclic) bond motifs is 1. The third-order valence-electron chi connectivity index (χ3n) is 4.52. The van der Waals surface area contributed by atoms with Crippen molar-refractivity contribution in [1.82, 2.24) is 5.32 Å². The van der Waals surface area contributed by atoms with Crippen LogP contribution in [0.25, 0.3) is 0 Å². The van der Waals surface area contributed by atoms with Gasteiger partial charge in [-0.3, -0.25) is 4.79 Å². The fraction of sp³-hybridized carbons (Fsp3) is 0.381. The summed E-state index contributed by atoms with van der Waals surface area (Å²) in [4.78, 5) is 11.7. The van der Waals surface area contributed by atoms with E-state index in [9.17, 15) is 9.90 Å². The first kappa shape index (κ1) is 19.0. The number of carbonyl (C=O) groups excluding carboxylic acids is 1. The summed E-state index contributed by atoms with van der Waals surface area (Å²) < 4.78 is 17.2. The molecule has 0 saturated carbocycles. The normalized spacial score (nSPS) is 13.3. The van der Waals surface area contributed by atoms with E-state index in [1.807, 2.05) is 43.3 Å². The molecular weight excluding hydrogens is 346 g/mol. The van der Waals surface area contributed by atoms with Gasteiger partial charge < -0.3 is 24.6 Å². The van der Waals surface area contributed by atoms with Crippen LogP contribution in [-0.4, -0.2) is 30.5 Å². The van der Waals surface area contributed by atoms with Crippen LogP contribution in [-0.2, 0) is 17.8 Å². The predicted molar refractivity (Wildman–Crippen MR) is 101 cm³/mol. The number of rotatable bonds is 8. The SMILES string of the molecule is CCC(=O)N[C@H](CO)Cc1cc2c(c(C)c1OCc1ccccc1)OCO2. The predicted octanol–water partition coefficient (Wildman–Crippen LogP) is 2.73. The second kappa shape index (κ2) is 8.77. The average Bonchev–Trinajstić information content (AvgIpc) is 3.16. The number of ether oxygens (including phenoxy) is 3. The lowest BCUT2D eigenvalue weighted by Crippen LogP contribution is -2.38. The lowest BCUT2D eigenvalue weighted by molar-refractivity contribution is -0.121. The van der Waals surface area contributed by atoms with Crippen LogP contribution in [0.4, 0.5) is 0 Å². The molecule has 27 heavy (non-hydrogen) atoms. The van der Waals surface area contributed by atoms with Crippen molar-refractivity contribution < 1.29 is 24.1 Å². The molecule has 1 amide bonds. The summed E-state index contributed by atoms with van der Waals surface area (Å²) in [6.45, 7) is 4.14. The Kier molecular flexibility index (Phi) is 6.19. The number of carbonyl (C=O) groups is 1. The van der Waals surface area contributed by atoms with E-state index in [0.717, 1.165) is 16.7 Å². The fourth-order valence-electron chi connectivity index (χ4n) is 3.10. The van der Waals surface area contributed by atoms with E-state index in [-0.39, 0.29) is 19.3 Å². The van der Waals surface area contributed by atoms with Crippen molar-refractivity contribution in [2.75, 3.05) is 13.4 Å². The van der Waals surface area contributed by atoms with Crippen molar-refractivity contribution in [3.05, 3.63) is 53.1 Å². The lowest BCUT2D eigenvalue weighted by atomic mass is 10.0. The van der Waals surface area contributed by atoms with Gasteiger partial charge in [0.1, 0.15) is 12.4 Å². The maximum Gasteiger partial charge on any atom is 0.231 e. The quantitative estimate of drug-likeness (QED) is 0.746. The van der Waals surface area contributed by atoms with Gasteiger partial charge in [0, 0.05) is 17.5 Å². The minimum absolute atomic E-state index is 0.0988. The fourth-order valence-corrected chi connectivity index (χ4v) is 3.10. The van der Waals surface area contributed by atoms with Crippen LogP contribution < -0.4 is 19.5 Å². The van der Waals surface area contributed by atoms with Gasteiger partial charge in [-0.25, -0.2) is 0 Å². The second-order valence-electron chi connectivity index (χ2n) is 6.50. The maximum absolute atomic E-state index is 11.7. The molecule has 0 bridgehead atoms. The molecule has 0 fully saturated rings. The van der Waals surface area contributed by atoms with E-state index < -0.39 is 6.04 Å². The van der Waals surface area contributed by atoms with Gasteiger partial charge in [-0.05, 0) is 25.0 Å². The van der Waals surface area contributed by atoms with Crippen LogP contribution in [0.2, 0.25) is 0 Å². The Balaban J connectivity index is 1.86. The number of hydrogen-bond donors (Lipinski definition) is 2. The molecule has 3 rings (SSSR count). The van der Waals surface area contributed by atoms with Crippen LogP contribution in [0.1, 0.15) is 30.0 Å². The first-order valence-corrected chi connectivity index (χ1v) is 9.11. The van der Waals surface area contributed by atoms with Gasteiger partial charge >= 0.3 is 0 Å². The molecule has 2 aromatic carbocycles. The molecule has 1 atom stereocenters. The molecule has 0 spiro atoms. The number of amides is 1. The van der Waals surface area contributed by atoms with Crippen LogP contribution in [0.5, 0.6) is 17.2 Å². The molecule has 0 aromatic heterocycles. The van der Waals surface area contributed by atoms with E-state index in [2.05, 4.69) is 5.32 Å². The molecule has 2 N–H and O–H groups in total. The van der Waals surface area contributed by atoms with Crippen molar-refractivity contribution in [2.24, 2.45) is 0 Å². The Morgan fingerprint density at radius 1 is 1.30 bits per heavy atom. The average molecular weight is 371 g/mol. The van der Waals surface area contributed by atoms with E-state index in [1.165, 1.54) is 0 Å². The van der Waals surface area contributed by atoms with E-state index in [4.69, 9.17) is 14.2 Å². The summed E-state index contributed by atoms with van der Waals surface area (Å²) in [5.74, 6) is 1.94. The molecule has 0 unspecified atom stereocenters. The minimum Gasteiger partial charge on any atom is -0.488 e. The second-order valence-corrected chi connectivity index (χ2v) is 6.50. The van der Waals surface area contributed by atoms with Gasteiger partial charge in [0.25, 0.3) is 0 Å². The van der Waals surface area contributed by atoms with E-state index in [0.29, 0.717) is 36.7 Å². The topological polar surface area (TPSA) is 77.0 Å². The Hall–Kier alpha value is -2.73. The number of aliphatic hydroxyl groups excluding tert-OH is 1. The summed E-state index contributed by atoms with van der Waals surface area (Å²) >= 11 is 0. The summed E-state index contributed by atoms with van der Waals surface area (Å²) in [7, 11) is 0. The first-order chi connectivity index (χ1) is 13.1. The number of nitrogens with one attached hydrogen (secondary N) is 1. The van der Waals surface area contributed by atoms with Crippen LogP contribution in [0, 0.1) is 6.92 Å².